The van der Waals surface area contributed by atoms with Gasteiger partial charge in [-0.3, -0.25) is 4.79 Å². The Morgan fingerprint density at radius 1 is 0.909 bits per heavy atom. The Bertz CT molecular complexity index is 1450. The van der Waals surface area contributed by atoms with Gasteiger partial charge in [0.2, 0.25) is 0 Å². The van der Waals surface area contributed by atoms with Gasteiger partial charge < -0.3 is 15.2 Å². The van der Waals surface area contributed by atoms with Crippen molar-refractivity contribution in [1.29, 1.82) is 0 Å². The molecule has 0 aliphatic rings. The summed E-state index contributed by atoms with van der Waals surface area (Å²) in [6.45, 7) is 4.57. The number of amides is 1. The summed E-state index contributed by atoms with van der Waals surface area (Å²) in [6.07, 6.45) is 0. The van der Waals surface area contributed by atoms with E-state index in [9.17, 15) is 4.79 Å². The minimum Gasteiger partial charge on any atom is -0.369 e. The quantitative estimate of drug-likeness (QED) is 0.345. The Morgan fingerprint density at radius 2 is 1.61 bits per heavy atom. The van der Waals surface area contributed by atoms with Crippen LogP contribution in [0.3, 0.4) is 0 Å². The number of carbonyl (C=O) groups is 1. The van der Waals surface area contributed by atoms with Gasteiger partial charge in [0.15, 0.2) is 0 Å². The third-order valence-corrected chi connectivity index (χ3v) is 6.11. The first-order chi connectivity index (χ1) is 16.0. The summed E-state index contributed by atoms with van der Waals surface area (Å²) in [6, 6.07) is 26.2. The third-order valence-electron chi connectivity index (χ3n) is 6.11. The van der Waals surface area contributed by atoms with Crippen LogP contribution in [-0.2, 0) is 6.54 Å². The number of carbonyl (C=O) groups excluding carboxylic acids is 1. The monoisotopic (exact) mass is 434 g/mol. The molecule has 5 heteroatoms. The van der Waals surface area contributed by atoms with Crippen molar-refractivity contribution in [3.8, 4) is 0 Å². The first kappa shape index (κ1) is 20.8. The second-order valence-corrected chi connectivity index (χ2v) is 8.46. The molecule has 0 radical (unpaired) electrons. The van der Waals surface area contributed by atoms with E-state index in [1.54, 1.807) is 0 Å². The number of aryl methyl sites for hydroxylation is 2. The number of aromatic amines is 1. The van der Waals surface area contributed by atoms with Crippen molar-refractivity contribution in [3.05, 3.63) is 101 Å². The molecule has 5 rings (SSSR count). The number of anilines is 2. The molecule has 0 unspecified atom stereocenters. The largest absolute Gasteiger partial charge is 0.369 e. The number of nitrogens with zero attached hydrogens (tertiary/aromatic N) is 2. The van der Waals surface area contributed by atoms with Crippen LogP contribution < -0.4 is 10.2 Å². The number of nitrogens with one attached hydrogen (secondary N) is 2. The lowest BCUT2D eigenvalue weighted by Gasteiger charge is -2.19. The van der Waals surface area contributed by atoms with Crippen LogP contribution in [-0.4, -0.2) is 22.9 Å². The second-order valence-electron chi connectivity index (χ2n) is 8.46. The van der Waals surface area contributed by atoms with Crippen molar-refractivity contribution < 1.29 is 4.79 Å². The molecule has 2 aromatic heterocycles. The number of benzene rings is 3. The zero-order valence-electron chi connectivity index (χ0n) is 19.0. The van der Waals surface area contributed by atoms with Crippen LogP contribution in [0.4, 0.5) is 11.4 Å². The Kier molecular flexibility index (Phi) is 5.31. The van der Waals surface area contributed by atoms with Crippen molar-refractivity contribution in [2.24, 2.45) is 0 Å². The summed E-state index contributed by atoms with van der Waals surface area (Å²) in [7, 11) is 2.04. The molecule has 5 nitrogen and oxygen atoms in total. The van der Waals surface area contributed by atoms with Gasteiger partial charge >= 0.3 is 0 Å². The zero-order chi connectivity index (χ0) is 22.9. The lowest BCUT2D eigenvalue weighted by molar-refractivity contribution is 0.102. The maximum atomic E-state index is 13.3. The van der Waals surface area contributed by atoms with Crippen LogP contribution in [0.2, 0.25) is 0 Å². The number of para-hydroxylation sites is 3. The van der Waals surface area contributed by atoms with E-state index in [1.165, 1.54) is 0 Å². The van der Waals surface area contributed by atoms with Gasteiger partial charge in [-0.2, -0.15) is 0 Å². The molecule has 0 aliphatic heterocycles. The molecule has 1 amide bonds. The predicted molar refractivity (Wildman–Crippen MR) is 136 cm³/mol. The summed E-state index contributed by atoms with van der Waals surface area (Å²) >= 11 is 0. The molecule has 3 aromatic carbocycles. The molecule has 0 fully saturated rings. The minimum absolute atomic E-state index is 0.205. The highest BCUT2D eigenvalue weighted by Gasteiger charge is 2.18. The van der Waals surface area contributed by atoms with Gasteiger partial charge in [-0.05, 0) is 49.2 Å². The highest BCUT2D eigenvalue weighted by molar-refractivity contribution is 6.12. The highest BCUT2D eigenvalue weighted by atomic mass is 16.1. The van der Waals surface area contributed by atoms with Crippen molar-refractivity contribution in [1.82, 2.24) is 9.97 Å². The maximum Gasteiger partial charge on any atom is 0.274 e. The molecule has 0 spiro atoms. The topological polar surface area (TPSA) is 61.0 Å². The van der Waals surface area contributed by atoms with E-state index in [2.05, 4.69) is 39.5 Å². The molecule has 0 aliphatic carbocycles. The van der Waals surface area contributed by atoms with Crippen LogP contribution in [0.25, 0.3) is 21.8 Å². The zero-order valence-corrected chi connectivity index (χ0v) is 19.0. The molecular weight excluding hydrogens is 408 g/mol. The summed E-state index contributed by atoms with van der Waals surface area (Å²) in [4.78, 5) is 23.8. The van der Waals surface area contributed by atoms with Crippen molar-refractivity contribution >= 4 is 39.1 Å². The molecule has 2 heterocycles. The van der Waals surface area contributed by atoms with Gasteiger partial charge in [0.1, 0.15) is 5.69 Å². The summed E-state index contributed by atoms with van der Waals surface area (Å²) < 4.78 is 0. The molecule has 33 heavy (non-hydrogen) atoms. The van der Waals surface area contributed by atoms with Crippen LogP contribution in [0.5, 0.6) is 0 Å². The first-order valence-electron chi connectivity index (χ1n) is 11.1. The SMILES string of the molecule is Cc1cccc(C)c1NC(=O)c1cc2c([nH]c3ccccc32)c(CN(C)c2ccccc2)n1. The van der Waals surface area contributed by atoms with E-state index in [4.69, 9.17) is 4.98 Å². The predicted octanol–water partition coefficient (Wildman–Crippen LogP) is 6.22. The molecule has 5 aromatic rings. The molecule has 0 bridgehead atoms. The Labute approximate surface area is 193 Å². The molecule has 0 saturated carbocycles. The molecule has 0 saturated heterocycles. The first-order valence-corrected chi connectivity index (χ1v) is 11.1. The lowest BCUT2D eigenvalue weighted by atomic mass is 10.1. The average molecular weight is 435 g/mol. The fraction of sp³-hybridized carbons (Fsp3) is 0.143. The fourth-order valence-electron chi connectivity index (χ4n) is 4.33. The molecular formula is C28H26N4O. The number of hydrogen-bond donors (Lipinski definition) is 2. The number of fused-ring (bicyclic) bond motifs is 3. The Balaban J connectivity index is 1.60. The van der Waals surface area contributed by atoms with E-state index >= 15 is 0 Å². The second kappa shape index (κ2) is 8.43. The number of aromatic nitrogens is 2. The summed E-state index contributed by atoms with van der Waals surface area (Å²) in [5.41, 5.74) is 7.22. The fourth-order valence-corrected chi connectivity index (χ4v) is 4.33. The summed E-state index contributed by atoms with van der Waals surface area (Å²) in [5.74, 6) is -0.205. The van der Waals surface area contributed by atoms with E-state index in [-0.39, 0.29) is 5.91 Å². The van der Waals surface area contributed by atoms with Crippen LogP contribution in [0, 0.1) is 13.8 Å². The Hall–Kier alpha value is -4.12. The van der Waals surface area contributed by atoms with E-state index < -0.39 is 0 Å². The van der Waals surface area contributed by atoms with Crippen molar-refractivity contribution in [3.63, 3.8) is 0 Å². The highest BCUT2D eigenvalue weighted by Crippen LogP contribution is 2.29. The number of hydrogen-bond acceptors (Lipinski definition) is 3. The van der Waals surface area contributed by atoms with Gasteiger partial charge in [0.05, 0.1) is 17.8 Å². The van der Waals surface area contributed by atoms with Gasteiger partial charge in [-0.25, -0.2) is 4.98 Å². The van der Waals surface area contributed by atoms with Gasteiger partial charge in [0, 0.05) is 34.7 Å². The molecule has 0 atom stereocenters. The van der Waals surface area contributed by atoms with Gasteiger partial charge in [0.25, 0.3) is 5.91 Å². The van der Waals surface area contributed by atoms with E-state index in [0.29, 0.717) is 12.2 Å². The number of pyridine rings is 1. The van der Waals surface area contributed by atoms with Gasteiger partial charge in [-0.1, -0.05) is 54.6 Å². The third kappa shape index (κ3) is 3.94. The lowest BCUT2D eigenvalue weighted by Crippen LogP contribution is -2.20. The standard InChI is InChI=1S/C28H26N4O/c1-18-10-9-11-19(2)26(18)31-28(33)24-16-22-21-14-7-8-15-23(21)30-27(22)25(29-24)17-32(3)20-12-5-4-6-13-20/h4-16,30H,17H2,1-3H3,(H,31,33). The smallest absolute Gasteiger partial charge is 0.274 e. The normalized spacial score (nSPS) is 11.1. The minimum atomic E-state index is -0.205. The van der Waals surface area contributed by atoms with Gasteiger partial charge in [-0.15, -0.1) is 0 Å². The van der Waals surface area contributed by atoms with Crippen molar-refractivity contribution in [2.45, 2.75) is 20.4 Å². The summed E-state index contributed by atoms with van der Waals surface area (Å²) in [5, 5.41) is 5.17. The Morgan fingerprint density at radius 3 is 2.36 bits per heavy atom. The maximum absolute atomic E-state index is 13.3. The van der Waals surface area contributed by atoms with E-state index in [0.717, 1.165) is 50.0 Å². The van der Waals surface area contributed by atoms with Crippen molar-refractivity contribution in [2.75, 3.05) is 17.3 Å². The molecule has 2 N–H and O–H groups in total. The molecule has 164 valence electrons. The van der Waals surface area contributed by atoms with Crippen LogP contribution in [0.1, 0.15) is 27.3 Å². The number of H-pyrrole nitrogens is 1. The van der Waals surface area contributed by atoms with Crippen LogP contribution in [0.15, 0.2) is 78.9 Å². The average Bonchev–Trinajstić information content (AvgIpc) is 3.21. The van der Waals surface area contributed by atoms with Crippen LogP contribution >= 0.6 is 0 Å². The van der Waals surface area contributed by atoms with E-state index in [1.807, 2.05) is 75.5 Å². The number of rotatable bonds is 5.